The van der Waals surface area contributed by atoms with Gasteiger partial charge in [0.1, 0.15) is 5.60 Å². The van der Waals surface area contributed by atoms with Crippen molar-refractivity contribution < 1.29 is 13.9 Å². The van der Waals surface area contributed by atoms with Crippen LogP contribution in [0.15, 0.2) is 36.8 Å². The van der Waals surface area contributed by atoms with Gasteiger partial charge in [-0.25, -0.2) is 13.8 Å². The summed E-state index contributed by atoms with van der Waals surface area (Å²) in [5, 5.41) is 10.5. The van der Waals surface area contributed by atoms with Crippen molar-refractivity contribution in [2.45, 2.75) is 30.4 Å². The third-order valence-corrected chi connectivity index (χ3v) is 4.11. The van der Waals surface area contributed by atoms with Gasteiger partial charge in [0.25, 0.3) is 5.92 Å². The van der Waals surface area contributed by atoms with Crippen LogP contribution in [0.3, 0.4) is 0 Å². The third-order valence-electron chi connectivity index (χ3n) is 4.11. The summed E-state index contributed by atoms with van der Waals surface area (Å²) in [6.07, 6.45) is 2.33. The van der Waals surface area contributed by atoms with Gasteiger partial charge < -0.3 is 9.67 Å². The molecular formula is C14H12F2N2O. The summed E-state index contributed by atoms with van der Waals surface area (Å²) in [7, 11) is 0. The largest absolute Gasteiger partial charge is 0.387 e. The number of fused-ring (bicyclic) bond motifs is 3. The molecule has 2 aliphatic rings. The standard InChI is InChI=1S/C14H12F2N2O/c15-14(16)6-13(19,7-14)12-10-4-2-1-3-9(10)11-5-17-8-18(11)12/h1-5,8,12,19H,6-7H2. The van der Waals surface area contributed by atoms with Crippen LogP contribution in [0.4, 0.5) is 8.78 Å². The van der Waals surface area contributed by atoms with Gasteiger partial charge in [0, 0.05) is 18.4 Å². The highest BCUT2D eigenvalue weighted by molar-refractivity contribution is 5.69. The third kappa shape index (κ3) is 1.36. The number of halogens is 2. The fourth-order valence-corrected chi connectivity index (χ4v) is 3.42. The van der Waals surface area contributed by atoms with Gasteiger partial charge in [-0.3, -0.25) is 0 Å². The zero-order chi connectivity index (χ0) is 13.3. The van der Waals surface area contributed by atoms with Crippen molar-refractivity contribution in [1.29, 1.82) is 0 Å². The highest BCUT2D eigenvalue weighted by Gasteiger charge is 2.61. The lowest BCUT2D eigenvalue weighted by Crippen LogP contribution is -2.56. The van der Waals surface area contributed by atoms with Crippen LogP contribution in [0, 0.1) is 0 Å². The summed E-state index contributed by atoms with van der Waals surface area (Å²) in [5.41, 5.74) is 1.36. The topological polar surface area (TPSA) is 38.1 Å². The Kier molecular flexibility index (Phi) is 1.88. The molecule has 0 radical (unpaired) electrons. The number of benzene rings is 1. The second kappa shape index (κ2) is 3.22. The highest BCUT2D eigenvalue weighted by atomic mass is 19.3. The number of hydrogen-bond acceptors (Lipinski definition) is 2. The van der Waals surface area contributed by atoms with Crippen molar-refractivity contribution in [2.24, 2.45) is 0 Å². The molecule has 1 aromatic carbocycles. The lowest BCUT2D eigenvalue weighted by Gasteiger charge is -2.47. The van der Waals surface area contributed by atoms with Gasteiger partial charge in [-0.1, -0.05) is 24.3 Å². The maximum absolute atomic E-state index is 13.2. The zero-order valence-corrected chi connectivity index (χ0v) is 10.1. The minimum atomic E-state index is -2.76. The molecule has 19 heavy (non-hydrogen) atoms. The molecule has 1 aromatic heterocycles. The number of nitrogens with zero attached hydrogens (tertiary/aromatic N) is 2. The number of imidazole rings is 1. The van der Waals surface area contributed by atoms with Crippen LogP contribution < -0.4 is 0 Å². The summed E-state index contributed by atoms with van der Waals surface area (Å²) in [5.74, 6) is -2.76. The second-order valence-electron chi connectivity index (χ2n) is 5.49. The van der Waals surface area contributed by atoms with Gasteiger partial charge in [-0.2, -0.15) is 0 Å². The average Bonchev–Trinajstić information content (AvgIpc) is 2.84. The van der Waals surface area contributed by atoms with Crippen LogP contribution in [0.5, 0.6) is 0 Å². The number of alkyl halides is 2. The molecule has 2 heterocycles. The van der Waals surface area contributed by atoms with Gasteiger partial charge in [-0.15, -0.1) is 0 Å². The number of aliphatic hydroxyl groups is 1. The monoisotopic (exact) mass is 262 g/mol. The predicted molar refractivity (Wildman–Crippen MR) is 64.9 cm³/mol. The van der Waals surface area contributed by atoms with E-state index >= 15 is 0 Å². The maximum atomic E-state index is 13.2. The summed E-state index contributed by atoms with van der Waals surface area (Å²) in [6.45, 7) is 0. The maximum Gasteiger partial charge on any atom is 0.253 e. The van der Waals surface area contributed by atoms with Crippen LogP contribution in [-0.4, -0.2) is 26.2 Å². The Hall–Kier alpha value is -1.75. The molecule has 1 N–H and O–H groups in total. The summed E-state index contributed by atoms with van der Waals surface area (Å²) in [4.78, 5) is 4.07. The molecule has 1 atom stereocenters. The van der Waals surface area contributed by atoms with E-state index in [-0.39, 0.29) is 0 Å². The number of rotatable bonds is 1. The van der Waals surface area contributed by atoms with E-state index in [1.807, 2.05) is 24.3 Å². The Balaban J connectivity index is 1.86. The molecule has 0 spiro atoms. The second-order valence-corrected chi connectivity index (χ2v) is 5.49. The molecule has 2 aromatic rings. The lowest BCUT2D eigenvalue weighted by molar-refractivity contribution is -0.217. The normalized spacial score (nSPS) is 25.5. The van der Waals surface area contributed by atoms with Crippen LogP contribution in [0.2, 0.25) is 0 Å². The molecule has 98 valence electrons. The molecular weight excluding hydrogens is 250 g/mol. The van der Waals surface area contributed by atoms with Crippen LogP contribution in [-0.2, 0) is 0 Å². The Labute approximate surface area is 108 Å². The Bertz CT molecular complexity index is 657. The van der Waals surface area contributed by atoms with Gasteiger partial charge in [0.05, 0.1) is 24.3 Å². The lowest BCUT2D eigenvalue weighted by atomic mass is 9.70. The van der Waals surface area contributed by atoms with Crippen molar-refractivity contribution in [3.05, 3.63) is 42.4 Å². The average molecular weight is 262 g/mol. The molecule has 0 amide bonds. The van der Waals surface area contributed by atoms with Crippen LogP contribution >= 0.6 is 0 Å². The van der Waals surface area contributed by atoms with Gasteiger partial charge in [0.2, 0.25) is 0 Å². The van der Waals surface area contributed by atoms with E-state index in [0.29, 0.717) is 0 Å². The molecule has 4 rings (SSSR count). The van der Waals surface area contributed by atoms with Crippen LogP contribution in [0.1, 0.15) is 24.4 Å². The molecule has 1 unspecified atom stereocenters. The number of hydrogen-bond donors (Lipinski definition) is 1. The minimum absolute atomic E-state index is 0.458. The Morgan fingerprint density at radius 3 is 2.74 bits per heavy atom. The first-order chi connectivity index (χ1) is 9.00. The van der Waals surface area contributed by atoms with E-state index in [1.54, 1.807) is 17.1 Å². The molecule has 1 saturated carbocycles. The fourth-order valence-electron chi connectivity index (χ4n) is 3.42. The molecule has 1 fully saturated rings. The smallest absolute Gasteiger partial charge is 0.253 e. The fraction of sp³-hybridized carbons (Fsp3) is 0.357. The molecule has 5 heteroatoms. The first-order valence-electron chi connectivity index (χ1n) is 6.22. The quantitative estimate of drug-likeness (QED) is 0.857. The van der Waals surface area contributed by atoms with E-state index in [2.05, 4.69) is 4.98 Å². The molecule has 0 saturated heterocycles. The first-order valence-corrected chi connectivity index (χ1v) is 6.22. The first kappa shape index (κ1) is 11.1. The minimum Gasteiger partial charge on any atom is -0.387 e. The van der Waals surface area contributed by atoms with Crippen molar-refractivity contribution in [3.63, 3.8) is 0 Å². The SMILES string of the molecule is OC1(C2c3ccccc3-c3cncn32)CC(F)(F)C1. The van der Waals surface area contributed by atoms with Crippen molar-refractivity contribution >= 4 is 0 Å². The van der Waals surface area contributed by atoms with Crippen LogP contribution in [0.25, 0.3) is 11.3 Å². The predicted octanol–water partition coefficient (Wildman–Crippen LogP) is 2.61. The van der Waals surface area contributed by atoms with Gasteiger partial charge in [0.15, 0.2) is 0 Å². The Morgan fingerprint density at radius 2 is 2.00 bits per heavy atom. The van der Waals surface area contributed by atoms with Gasteiger partial charge >= 0.3 is 0 Å². The molecule has 0 bridgehead atoms. The van der Waals surface area contributed by atoms with E-state index in [4.69, 9.17) is 0 Å². The molecule has 1 aliphatic heterocycles. The van der Waals surface area contributed by atoms with Crippen molar-refractivity contribution in [3.8, 4) is 11.3 Å². The number of aromatic nitrogens is 2. The van der Waals surface area contributed by atoms with E-state index < -0.39 is 30.4 Å². The van der Waals surface area contributed by atoms with Gasteiger partial charge in [-0.05, 0) is 5.56 Å². The van der Waals surface area contributed by atoms with E-state index in [0.717, 1.165) is 16.8 Å². The summed E-state index contributed by atoms with van der Waals surface area (Å²) < 4.78 is 28.2. The van der Waals surface area contributed by atoms with E-state index in [9.17, 15) is 13.9 Å². The zero-order valence-electron chi connectivity index (χ0n) is 10.1. The summed E-state index contributed by atoms with van der Waals surface area (Å²) >= 11 is 0. The molecule has 3 nitrogen and oxygen atoms in total. The highest BCUT2D eigenvalue weighted by Crippen LogP contribution is 2.56. The molecule has 1 aliphatic carbocycles. The van der Waals surface area contributed by atoms with E-state index in [1.165, 1.54) is 0 Å². The van der Waals surface area contributed by atoms with Crippen molar-refractivity contribution in [2.75, 3.05) is 0 Å². The Morgan fingerprint density at radius 1 is 1.26 bits per heavy atom. The summed E-state index contributed by atoms with van der Waals surface area (Å²) in [6, 6.07) is 7.13. The van der Waals surface area contributed by atoms with Crippen molar-refractivity contribution in [1.82, 2.24) is 9.55 Å².